The summed E-state index contributed by atoms with van der Waals surface area (Å²) in [4.78, 5) is 11.8. The minimum Gasteiger partial charge on any atom is -0.359 e. The molecule has 2 aromatic rings. The average molecular weight is 221 g/mol. The molecule has 0 spiro atoms. The van der Waals surface area contributed by atoms with Crippen molar-refractivity contribution in [2.45, 2.75) is 26.7 Å². The lowest BCUT2D eigenvalue weighted by Gasteiger charge is -1.98. The van der Waals surface area contributed by atoms with E-state index in [2.05, 4.69) is 5.16 Å². The maximum atomic E-state index is 11.8. The number of nitrogens with zero attached hydrogens (tertiary/aromatic N) is 3. The molecule has 2 aromatic heterocycles. The Labute approximate surface area is 93.3 Å². The highest BCUT2D eigenvalue weighted by Crippen LogP contribution is 2.18. The van der Waals surface area contributed by atoms with Gasteiger partial charge in [0.2, 0.25) is 0 Å². The maximum Gasteiger partial charge on any atom is 0.333 e. The van der Waals surface area contributed by atoms with Gasteiger partial charge in [-0.2, -0.15) is 0 Å². The van der Waals surface area contributed by atoms with Gasteiger partial charge in [0.15, 0.2) is 5.82 Å². The van der Waals surface area contributed by atoms with Crippen LogP contribution in [0.5, 0.6) is 0 Å². The molecule has 0 amide bonds. The summed E-state index contributed by atoms with van der Waals surface area (Å²) in [5.74, 6) is 1.47. The van der Waals surface area contributed by atoms with Gasteiger partial charge in [0.05, 0.1) is 0 Å². The Balaban J connectivity index is 2.60. The molecule has 0 aliphatic rings. The highest BCUT2D eigenvalue weighted by Gasteiger charge is 2.16. The monoisotopic (exact) mass is 221 g/mol. The van der Waals surface area contributed by atoms with Gasteiger partial charge in [-0.3, -0.25) is 0 Å². The van der Waals surface area contributed by atoms with Crippen molar-refractivity contribution < 1.29 is 4.52 Å². The molecule has 86 valence electrons. The van der Waals surface area contributed by atoms with E-state index < -0.39 is 0 Å². The van der Waals surface area contributed by atoms with Crippen LogP contribution in [0.25, 0.3) is 5.82 Å². The Morgan fingerprint density at radius 1 is 1.31 bits per heavy atom. The standard InChI is InChI=1S/C11H15N3O2/c1-4-8-9(5-2)16-12-10(8)14-7-6-13(3)11(14)15/h6-7H,4-5H2,1-3H3. The van der Waals surface area contributed by atoms with Crippen LogP contribution in [0.3, 0.4) is 0 Å². The predicted octanol–water partition coefficient (Wildman–Crippen LogP) is 1.29. The normalized spacial score (nSPS) is 10.9. The molecule has 5 nitrogen and oxygen atoms in total. The molecule has 0 saturated carbocycles. The van der Waals surface area contributed by atoms with E-state index >= 15 is 0 Å². The summed E-state index contributed by atoms with van der Waals surface area (Å²) in [7, 11) is 1.71. The summed E-state index contributed by atoms with van der Waals surface area (Å²) < 4.78 is 8.26. The summed E-state index contributed by atoms with van der Waals surface area (Å²) in [6.07, 6.45) is 5.02. The number of hydrogen-bond acceptors (Lipinski definition) is 3. The fourth-order valence-electron chi connectivity index (χ4n) is 1.78. The lowest BCUT2D eigenvalue weighted by molar-refractivity contribution is 0.383. The Bertz CT molecular complexity index is 548. The topological polar surface area (TPSA) is 53.0 Å². The molecule has 2 rings (SSSR count). The first-order valence-corrected chi connectivity index (χ1v) is 5.40. The van der Waals surface area contributed by atoms with Gasteiger partial charge in [0, 0.05) is 31.4 Å². The van der Waals surface area contributed by atoms with Crippen molar-refractivity contribution in [1.82, 2.24) is 14.3 Å². The molecule has 0 radical (unpaired) electrons. The molecule has 0 unspecified atom stereocenters. The van der Waals surface area contributed by atoms with E-state index in [1.165, 1.54) is 9.13 Å². The molecule has 0 atom stereocenters. The number of imidazole rings is 1. The Morgan fingerprint density at radius 3 is 2.56 bits per heavy atom. The van der Waals surface area contributed by atoms with E-state index in [0.29, 0.717) is 5.82 Å². The molecule has 0 N–H and O–H groups in total. The van der Waals surface area contributed by atoms with E-state index in [0.717, 1.165) is 24.2 Å². The highest BCUT2D eigenvalue weighted by molar-refractivity contribution is 5.35. The second-order valence-electron chi connectivity index (χ2n) is 3.68. The molecule has 16 heavy (non-hydrogen) atoms. The van der Waals surface area contributed by atoms with Crippen LogP contribution in [0.1, 0.15) is 25.2 Å². The number of aromatic nitrogens is 3. The van der Waals surface area contributed by atoms with Gasteiger partial charge in [0.1, 0.15) is 5.76 Å². The van der Waals surface area contributed by atoms with E-state index in [-0.39, 0.29) is 5.69 Å². The summed E-state index contributed by atoms with van der Waals surface area (Å²) in [6, 6.07) is 0. The number of aryl methyl sites for hydroxylation is 2. The quantitative estimate of drug-likeness (QED) is 0.784. The van der Waals surface area contributed by atoms with E-state index in [4.69, 9.17) is 4.52 Å². The maximum absolute atomic E-state index is 11.8. The molecule has 5 heteroatoms. The number of hydrogen-bond donors (Lipinski definition) is 0. The van der Waals surface area contributed by atoms with Crippen LogP contribution in [0.15, 0.2) is 21.7 Å². The van der Waals surface area contributed by atoms with Crippen LogP contribution in [-0.4, -0.2) is 14.3 Å². The van der Waals surface area contributed by atoms with Crippen molar-refractivity contribution >= 4 is 0 Å². The summed E-state index contributed by atoms with van der Waals surface area (Å²) >= 11 is 0. The largest absolute Gasteiger partial charge is 0.359 e. The van der Waals surface area contributed by atoms with Crippen LogP contribution in [0.2, 0.25) is 0 Å². The predicted molar refractivity (Wildman–Crippen MR) is 59.8 cm³/mol. The van der Waals surface area contributed by atoms with Crippen molar-refractivity contribution in [3.8, 4) is 5.82 Å². The molecule has 2 heterocycles. The molecule has 0 saturated heterocycles. The van der Waals surface area contributed by atoms with Gasteiger partial charge >= 0.3 is 5.69 Å². The Morgan fingerprint density at radius 2 is 2.06 bits per heavy atom. The van der Waals surface area contributed by atoms with E-state index in [9.17, 15) is 4.79 Å². The van der Waals surface area contributed by atoms with Gasteiger partial charge in [0.25, 0.3) is 0 Å². The van der Waals surface area contributed by atoms with Gasteiger partial charge in [-0.15, -0.1) is 0 Å². The molecule has 0 bridgehead atoms. The van der Waals surface area contributed by atoms with Crippen LogP contribution in [0.4, 0.5) is 0 Å². The van der Waals surface area contributed by atoms with Crippen molar-refractivity contribution in [3.63, 3.8) is 0 Å². The molecular formula is C11H15N3O2. The Hall–Kier alpha value is -1.78. The molecule has 0 fully saturated rings. The molecule has 0 aliphatic carbocycles. The summed E-state index contributed by atoms with van der Waals surface area (Å²) in [5, 5.41) is 3.98. The smallest absolute Gasteiger partial charge is 0.333 e. The minimum atomic E-state index is -0.106. The fraction of sp³-hybridized carbons (Fsp3) is 0.455. The first-order valence-electron chi connectivity index (χ1n) is 5.40. The SMILES string of the molecule is CCc1onc(-n2ccn(C)c2=O)c1CC. The first kappa shape index (κ1) is 10.7. The summed E-state index contributed by atoms with van der Waals surface area (Å²) in [6.45, 7) is 4.04. The third-order valence-electron chi connectivity index (χ3n) is 2.70. The van der Waals surface area contributed by atoms with Gasteiger partial charge in [-0.25, -0.2) is 9.36 Å². The fourth-order valence-corrected chi connectivity index (χ4v) is 1.78. The first-order chi connectivity index (χ1) is 7.69. The van der Waals surface area contributed by atoms with Crippen molar-refractivity contribution in [2.24, 2.45) is 7.05 Å². The van der Waals surface area contributed by atoms with Crippen LogP contribution >= 0.6 is 0 Å². The van der Waals surface area contributed by atoms with E-state index in [1.54, 1.807) is 19.4 Å². The number of rotatable bonds is 3. The average Bonchev–Trinajstić information content (AvgIpc) is 2.83. The molecular weight excluding hydrogens is 206 g/mol. The van der Waals surface area contributed by atoms with Crippen molar-refractivity contribution in [2.75, 3.05) is 0 Å². The Kier molecular flexibility index (Phi) is 2.68. The van der Waals surface area contributed by atoms with Crippen molar-refractivity contribution in [3.05, 3.63) is 34.2 Å². The zero-order chi connectivity index (χ0) is 11.7. The van der Waals surface area contributed by atoms with Crippen LogP contribution < -0.4 is 5.69 Å². The second kappa shape index (κ2) is 4.00. The highest BCUT2D eigenvalue weighted by atomic mass is 16.5. The third kappa shape index (κ3) is 1.48. The van der Waals surface area contributed by atoms with Gasteiger partial charge < -0.3 is 9.09 Å². The third-order valence-corrected chi connectivity index (χ3v) is 2.70. The van der Waals surface area contributed by atoms with Gasteiger partial charge in [-0.1, -0.05) is 19.0 Å². The van der Waals surface area contributed by atoms with Crippen molar-refractivity contribution in [1.29, 1.82) is 0 Å². The van der Waals surface area contributed by atoms with E-state index in [1.807, 2.05) is 13.8 Å². The lowest BCUT2D eigenvalue weighted by atomic mass is 10.1. The second-order valence-corrected chi connectivity index (χ2v) is 3.68. The molecule has 0 aliphatic heterocycles. The minimum absolute atomic E-state index is 0.106. The zero-order valence-electron chi connectivity index (χ0n) is 9.73. The zero-order valence-corrected chi connectivity index (χ0v) is 9.73. The van der Waals surface area contributed by atoms with Gasteiger partial charge in [-0.05, 0) is 6.42 Å². The lowest BCUT2D eigenvalue weighted by Crippen LogP contribution is -2.21. The van der Waals surface area contributed by atoms with Crippen LogP contribution in [0, 0.1) is 0 Å². The molecule has 0 aromatic carbocycles. The van der Waals surface area contributed by atoms with Crippen LogP contribution in [-0.2, 0) is 19.9 Å². The summed E-state index contributed by atoms with van der Waals surface area (Å²) in [5.41, 5.74) is 0.904.